The Morgan fingerprint density at radius 3 is 2.68 bits per heavy atom. The SMILES string of the molecule is Nc1nc2c(F)cccc2c2nc(C(=O)NCc3ccccc3OC3CCN(c4ccccn4)CC3)cn12. The first-order valence-electron chi connectivity index (χ1n) is 12.5. The molecule has 1 amide bonds. The van der Waals surface area contributed by atoms with Gasteiger partial charge in [0.1, 0.15) is 40.3 Å². The number of nitrogens with two attached hydrogens (primary N) is 1. The Labute approximate surface area is 218 Å². The zero-order valence-electron chi connectivity index (χ0n) is 20.5. The minimum absolute atomic E-state index is 0.0528. The lowest BCUT2D eigenvalue weighted by molar-refractivity contribution is 0.0946. The summed E-state index contributed by atoms with van der Waals surface area (Å²) in [4.78, 5) is 28.3. The second-order valence-corrected chi connectivity index (χ2v) is 9.21. The van der Waals surface area contributed by atoms with Crippen LogP contribution in [0.1, 0.15) is 28.9 Å². The Morgan fingerprint density at radius 2 is 1.87 bits per heavy atom. The van der Waals surface area contributed by atoms with E-state index in [1.807, 2.05) is 48.7 Å². The Balaban J connectivity index is 1.13. The third-order valence-corrected chi connectivity index (χ3v) is 6.76. The summed E-state index contributed by atoms with van der Waals surface area (Å²) in [6.07, 6.45) is 5.15. The second-order valence-electron chi connectivity index (χ2n) is 9.21. The minimum Gasteiger partial charge on any atom is -0.490 e. The van der Waals surface area contributed by atoms with Crippen molar-refractivity contribution in [1.82, 2.24) is 24.7 Å². The Morgan fingerprint density at radius 1 is 1.05 bits per heavy atom. The number of hydrogen-bond acceptors (Lipinski definition) is 7. The summed E-state index contributed by atoms with van der Waals surface area (Å²) >= 11 is 0. The van der Waals surface area contributed by atoms with Gasteiger partial charge in [0.25, 0.3) is 5.91 Å². The van der Waals surface area contributed by atoms with Gasteiger partial charge in [0.15, 0.2) is 0 Å². The molecule has 4 heterocycles. The summed E-state index contributed by atoms with van der Waals surface area (Å²) in [7, 11) is 0. The number of para-hydroxylation sites is 2. The molecule has 9 nitrogen and oxygen atoms in total. The number of amides is 1. The van der Waals surface area contributed by atoms with Crippen LogP contribution in [0.5, 0.6) is 5.75 Å². The smallest absolute Gasteiger partial charge is 0.271 e. The minimum atomic E-state index is -0.496. The van der Waals surface area contributed by atoms with Gasteiger partial charge in [-0.2, -0.15) is 0 Å². The van der Waals surface area contributed by atoms with E-state index in [0.717, 1.165) is 43.1 Å². The van der Waals surface area contributed by atoms with Crippen LogP contribution in [0.2, 0.25) is 0 Å². The average molecular weight is 512 g/mol. The van der Waals surface area contributed by atoms with Crippen molar-refractivity contribution in [2.24, 2.45) is 0 Å². The first-order valence-corrected chi connectivity index (χ1v) is 12.5. The lowest BCUT2D eigenvalue weighted by Crippen LogP contribution is -2.38. The average Bonchev–Trinajstić information content (AvgIpc) is 3.41. The van der Waals surface area contributed by atoms with Crippen molar-refractivity contribution in [3.63, 3.8) is 0 Å². The van der Waals surface area contributed by atoms with E-state index >= 15 is 0 Å². The Bertz CT molecular complexity index is 1610. The number of aromatic nitrogens is 4. The molecule has 0 spiro atoms. The zero-order chi connectivity index (χ0) is 26.1. The van der Waals surface area contributed by atoms with Crippen LogP contribution in [0.25, 0.3) is 16.6 Å². The van der Waals surface area contributed by atoms with Gasteiger partial charge in [-0.05, 0) is 30.3 Å². The monoisotopic (exact) mass is 511 g/mol. The standard InChI is InChI=1S/C28H26FN7O2/c29-21-8-5-7-20-25(21)34-28(30)36-17-22(33-26(20)36)27(37)32-16-18-6-1-2-9-23(18)38-19-11-14-35(15-12-19)24-10-3-4-13-31-24/h1-10,13,17,19H,11-12,14-16H2,(H2,30,34)(H,32,37). The molecular weight excluding hydrogens is 485 g/mol. The largest absolute Gasteiger partial charge is 0.490 e. The van der Waals surface area contributed by atoms with Crippen molar-refractivity contribution >= 4 is 34.2 Å². The number of nitrogens with one attached hydrogen (secondary N) is 1. The van der Waals surface area contributed by atoms with Gasteiger partial charge in [-0.3, -0.25) is 9.20 Å². The third-order valence-electron chi connectivity index (χ3n) is 6.76. The fraction of sp³-hybridized carbons (Fsp3) is 0.214. The Kier molecular flexibility index (Phi) is 6.20. The molecule has 2 aromatic carbocycles. The number of halogens is 1. The lowest BCUT2D eigenvalue weighted by Gasteiger charge is -2.33. The number of fused-ring (bicyclic) bond motifs is 3. The van der Waals surface area contributed by atoms with Gasteiger partial charge in [-0.1, -0.05) is 30.3 Å². The highest BCUT2D eigenvalue weighted by Crippen LogP contribution is 2.26. The van der Waals surface area contributed by atoms with Gasteiger partial charge in [0.2, 0.25) is 5.95 Å². The maximum atomic E-state index is 14.2. The van der Waals surface area contributed by atoms with Gasteiger partial charge in [0, 0.05) is 55.8 Å². The van der Waals surface area contributed by atoms with Crippen molar-refractivity contribution < 1.29 is 13.9 Å². The van der Waals surface area contributed by atoms with Gasteiger partial charge in [-0.15, -0.1) is 0 Å². The van der Waals surface area contributed by atoms with E-state index in [1.54, 1.807) is 12.1 Å². The Hall–Kier alpha value is -4.73. The molecule has 1 aliphatic rings. The van der Waals surface area contributed by atoms with Crippen molar-refractivity contribution in [2.75, 3.05) is 23.7 Å². The number of pyridine rings is 1. The fourth-order valence-electron chi connectivity index (χ4n) is 4.79. The predicted octanol–water partition coefficient (Wildman–Crippen LogP) is 3.98. The van der Waals surface area contributed by atoms with E-state index in [0.29, 0.717) is 11.0 Å². The van der Waals surface area contributed by atoms with E-state index in [1.165, 1.54) is 16.7 Å². The third kappa shape index (κ3) is 4.56. The summed E-state index contributed by atoms with van der Waals surface area (Å²) in [6.45, 7) is 1.99. The van der Waals surface area contributed by atoms with E-state index < -0.39 is 5.82 Å². The van der Waals surface area contributed by atoms with Gasteiger partial charge >= 0.3 is 0 Å². The molecule has 3 N–H and O–H groups in total. The molecule has 6 rings (SSSR count). The molecule has 0 unspecified atom stereocenters. The topological polar surface area (TPSA) is 111 Å². The summed E-state index contributed by atoms with van der Waals surface area (Å²) < 4.78 is 22.1. The van der Waals surface area contributed by atoms with E-state index in [9.17, 15) is 9.18 Å². The molecule has 1 aliphatic heterocycles. The zero-order valence-corrected chi connectivity index (χ0v) is 20.5. The first-order chi connectivity index (χ1) is 18.6. The quantitative estimate of drug-likeness (QED) is 0.355. The molecule has 0 atom stereocenters. The number of piperidine rings is 1. The normalized spacial score (nSPS) is 14.2. The van der Waals surface area contributed by atoms with Crippen LogP contribution in [-0.4, -0.2) is 44.5 Å². The van der Waals surface area contributed by atoms with E-state index in [4.69, 9.17) is 10.5 Å². The number of imidazole rings is 1. The number of benzene rings is 2. The number of carbonyl (C=O) groups is 1. The summed E-state index contributed by atoms with van der Waals surface area (Å²) in [5, 5.41) is 3.39. The number of anilines is 2. The summed E-state index contributed by atoms with van der Waals surface area (Å²) in [5.74, 6) is 0.906. The number of hydrogen-bond donors (Lipinski definition) is 2. The highest BCUT2D eigenvalue weighted by atomic mass is 19.1. The maximum absolute atomic E-state index is 14.2. The van der Waals surface area contributed by atoms with Crippen LogP contribution >= 0.6 is 0 Å². The molecule has 38 heavy (non-hydrogen) atoms. The highest BCUT2D eigenvalue weighted by Gasteiger charge is 2.22. The van der Waals surface area contributed by atoms with Crippen molar-refractivity contribution in [3.8, 4) is 5.75 Å². The van der Waals surface area contributed by atoms with Crippen molar-refractivity contribution in [1.29, 1.82) is 0 Å². The van der Waals surface area contributed by atoms with Crippen LogP contribution in [0, 0.1) is 5.82 Å². The van der Waals surface area contributed by atoms with Crippen molar-refractivity contribution in [2.45, 2.75) is 25.5 Å². The second kappa shape index (κ2) is 9.97. The summed E-state index contributed by atoms with van der Waals surface area (Å²) in [5.41, 5.74) is 7.53. The molecule has 1 saturated heterocycles. The fourth-order valence-corrected chi connectivity index (χ4v) is 4.79. The molecule has 3 aromatic heterocycles. The van der Waals surface area contributed by atoms with E-state index in [2.05, 4.69) is 25.2 Å². The number of carbonyl (C=O) groups excluding carboxylic acids is 1. The van der Waals surface area contributed by atoms with Crippen molar-refractivity contribution in [3.05, 3.63) is 90.1 Å². The molecule has 0 bridgehead atoms. The number of ether oxygens (including phenoxy) is 1. The molecule has 0 saturated carbocycles. The first kappa shape index (κ1) is 23.7. The highest BCUT2D eigenvalue weighted by molar-refractivity contribution is 5.97. The number of rotatable bonds is 6. The van der Waals surface area contributed by atoms with E-state index in [-0.39, 0.29) is 35.7 Å². The van der Waals surface area contributed by atoms with Crippen LogP contribution in [0.15, 0.2) is 73.1 Å². The van der Waals surface area contributed by atoms with Crippen LogP contribution in [-0.2, 0) is 6.54 Å². The van der Waals surface area contributed by atoms with Gasteiger partial charge in [-0.25, -0.2) is 19.3 Å². The molecular formula is C28H26FN7O2. The van der Waals surface area contributed by atoms with Crippen LogP contribution < -0.4 is 20.7 Å². The molecule has 192 valence electrons. The molecule has 10 heteroatoms. The summed E-state index contributed by atoms with van der Waals surface area (Å²) in [6, 6.07) is 18.2. The van der Waals surface area contributed by atoms with Crippen LogP contribution in [0.4, 0.5) is 16.2 Å². The molecule has 0 radical (unpaired) electrons. The molecule has 0 aliphatic carbocycles. The maximum Gasteiger partial charge on any atom is 0.271 e. The molecule has 5 aromatic rings. The van der Waals surface area contributed by atoms with Gasteiger partial charge in [0.05, 0.1) is 0 Å². The predicted molar refractivity (Wildman–Crippen MR) is 143 cm³/mol. The van der Waals surface area contributed by atoms with Crippen LogP contribution in [0.3, 0.4) is 0 Å². The molecule has 1 fully saturated rings. The van der Waals surface area contributed by atoms with Gasteiger partial charge < -0.3 is 20.7 Å². The number of nitrogen functional groups attached to an aromatic ring is 1. The number of nitrogens with zero attached hydrogens (tertiary/aromatic N) is 5. The lowest BCUT2D eigenvalue weighted by atomic mass is 10.1.